The Morgan fingerprint density at radius 2 is 2.18 bits per heavy atom. The fourth-order valence-electron chi connectivity index (χ4n) is 2.91. The van der Waals surface area contributed by atoms with Crippen molar-refractivity contribution in [3.8, 4) is 0 Å². The molecule has 2 rings (SSSR count). The highest BCUT2D eigenvalue weighted by Gasteiger charge is 2.28. The summed E-state index contributed by atoms with van der Waals surface area (Å²) in [5, 5.41) is 9.01. The third-order valence-electron chi connectivity index (χ3n) is 3.81. The van der Waals surface area contributed by atoms with E-state index in [0.717, 1.165) is 6.42 Å². The number of carboxylic acids is 1. The molecule has 1 N–H and O–H groups in total. The summed E-state index contributed by atoms with van der Waals surface area (Å²) in [5.74, 6) is -0.306. The first-order chi connectivity index (χ1) is 7.98. The van der Waals surface area contributed by atoms with Crippen molar-refractivity contribution in [3.63, 3.8) is 0 Å². The number of aromatic carboxylic acids is 1. The van der Waals surface area contributed by atoms with Crippen LogP contribution in [0.1, 0.15) is 61.4 Å². The van der Waals surface area contributed by atoms with Crippen molar-refractivity contribution in [1.82, 2.24) is 0 Å². The summed E-state index contributed by atoms with van der Waals surface area (Å²) in [6.07, 6.45) is 4.87. The molecule has 1 aromatic rings. The van der Waals surface area contributed by atoms with Crippen LogP contribution in [0.3, 0.4) is 0 Å². The molecule has 0 aromatic heterocycles. The van der Waals surface area contributed by atoms with Crippen molar-refractivity contribution < 1.29 is 9.90 Å². The van der Waals surface area contributed by atoms with E-state index < -0.39 is 5.97 Å². The second-order valence-electron chi connectivity index (χ2n) is 5.89. The second-order valence-corrected chi connectivity index (χ2v) is 5.89. The van der Waals surface area contributed by atoms with Crippen molar-refractivity contribution in [2.75, 3.05) is 0 Å². The third kappa shape index (κ3) is 2.87. The Morgan fingerprint density at radius 1 is 1.41 bits per heavy atom. The Morgan fingerprint density at radius 3 is 2.82 bits per heavy atom. The van der Waals surface area contributed by atoms with Gasteiger partial charge in [0.05, 0.1) is 5.56 Å². The highest BCUT2D eigenvalue weighted by Crippen LogP contribution is 2.43. The maximum atomic E-state index is 11.0. The molecular weight excluding hydrogens is 212 g/mol. The Kier molecular flexibility index (Phi) is 3.23. The van der Waals surface area contributed by atoms with Gasteiger partial charge in [0, 0.05) is 0 Å². The molecule has 0 aliphatic heterocycles. The second kappa shape index (κ2) is 4.52. The summed E-state index contributed by atoms with van der Waals surface area (Å²) in [6, 6.07) is 7.44. The largest absolute Gasteiger partial charge is 0.478 e. The molecule has 2 heteroatoms. The molecule has 0 amide bonds. The molecular formula is C15H20O2. The van der Waals surface area contributed by atoms with Crippen LogP contribution in [0.25, 0.3) is 0 Å². The van der Waals surface area contributed by atoms with Gasteiger partial charge in [-0.15, -0.1) is 0 Å². The number of hydrogen-bond acceptors (Lipinski definition) is 1. The van der Waals surface area contributed by atoms with Gasteiger partial charge in [0.15, 0.2) is 0 Å². The Bertz CT molecular complexity index is 421. The molecule has 1 aromatic carbocycles. The van der Waals surface area contributed by atoms with E-state index >= 15 is 0 Å². The van der Waals surface area contributed by atoms with E-state index in [0.29, 0.717) is 16.9 Å². The van der Waals surface area contributed by atoms with Crippen LogP contribution in [0.4, 0.5) is 0 Å². The van der Waals surface area contributed by atoms with E-state index in [-0.39, 0.29) is 0 Å². The van der Waals surface area contributed by atoms with Crippen molar-refractivity contribution in [2.45, 2.75) is 45.4 Å². The first kappa shape index (κ1) is 12.2. The van der Waals surface area contributed by atoms with Gasteiger partial charge in [-0.05, 0) is 48.3 Å². The number of carboxylic acid groups (broad SMARTS) is 1. The van der Waals surface area contributed by atoms with E-state index in [9.17, 15) is 4.79 Å². The smallest absolute Gasteiger partial charge is 0.335 e. The van der Waals surface area contributed by atoms with E-state index in [1.807, 2.05) is 12.1 Å². The third-order valence-corrected chi connectivity index (χ3v) is 3.81. The van der Waals surface area contributed by atoms with Crippen LogP contribution >= 0.6 is 0 Å². The maximum Gasteiger partial charge on any atom is 0.335 e. The molecule has 1 aliphatic carbocycles. The molecule has 2 nitrogen and oxygen atoms in total. The molecule has 0 heterocycles. The molecule has 1 atom stereocenters. The normalized spacial score (nSPS) is 23.3. The van der Waals surface area contributed by atoms with Crippen molar-refractivity contribution >= 4 is 5.97 Å². The van der Waals surface area contributed by atoms with Crippen LogP contribution in [0.5, 0.6) is 0 Å². The lowest BCUT2D eigenvalue weighted by Gasteiger charge is -2.35. The Balaban J connectivity index is 2.22. The summed E-state index contributed by atoms with van der Waals surface area (Å²) in [5.41, 5.74) is 1.99. The van der Waals surface area contributed by atoms with Crippen LogP contribution in [-0.4, -0.2) is 11.1 Å². The molecule has 1 aliphatic rings. The van der Waals surface area contributed by atoms with Crippen LogP contribution in [-0.2, 0) is 0 Å². The molecule has 0 bridgehead atoms. The minimum atomic E-state index is -0.832. The van der Waals surface area contributed by atoms with Gasteiger partial charge in [-0.3, -0.25) is 0 Å². The van der Waals surface area contributed by atoms with Gasteiger partial charge in [0.2, 0.25) is 0 Å². The van der Waals surface area contributed by atoms with Gasteiger partial charge in [-0.1, -0.05) is 32.4 Å². The monoisotopic (exact) mass is 232 g/mol. The highest BCUT2D eigenvalue weighted by atomic mass is 16.4. The van der Waals surface area contributed by atoms with Crippen LogP contribution in [0.15, 0.2) is 24.3 Å². The molecule has 17 heavy (non-hydrogen) atoms. The summed E-state index contributed by atoms with van der Waals surface area (Å²) in [6.45, 7) is 4.61. The molecule has 1 saturated carbocycles. The lowest BCUT2D eigenvalue weighted by Crippen LogP contribution is -2.21. The Hall–Kier alpha value is -1.31. The van der Waals surface area contributed by atoms with Crippen molar-refractivity contribution in [1.29, 1.82) is 0 Å². The molecule has 92 valence electrons. The molecule has 1 fully saturated rings. The van der Waals surface area contributed by atoms with E-state index in [1.165, 1.54) is 24.8 Å². The fourth-order valence-corrected chi connectivity index (χ4v) is 2.91. The maximum absolute atomic E-state index is 11.0. The topological polar surface area (TPSA) is 37.3 Å². The molecule has 0 spiro atoms. The molecule has 1 unspecified atom stereocenters. The highest BCUT2D eigenvalue weighted by molar-refractivity contribution is 5.87. The predicted octanol–water partition coefficient (Wildman–Crippen LogP) is 4.07. The minimum Gasteiger partial charge on any atom is -0.478 e. The molecule has 0 saturated heterocycles. The minimum absolute atomic E-state index is 0.391. The summed E-state index contributed by atoms with van der Waals surface area (Å²) < 4.78 is 0. The van der Waals surface area contributed by atoms with Crippen molar-refractivity contribution in [3.05, 3.63) is 35.4 Å². The average Bonchev–Trinajstić information content (AvgIpc) is 2.28. The number of rotatable bonds is 2. The predicted molar refractivity (Wildman–Crippen MR) is 68.4 cm³/mol. The van der Waals surface area contributed by atoms with Crippen LogP contribution in [0.2, 0.25) is 0 Å². The van der Waals surface area contributed by atoms with Gasteiger partial charge < -0.3 is 5.11 Å². The zero-order valence-electron chi connectivity index (χ0n) is 10.6. The zero-order chi connectivity index (χ0) is 12.5. The standard InChI is InChI=1S/C15H20O2/c1-15(2)8-4-7-13(10-15)11-5-3-6-12(9-11)14(16)17/h3,5-6,9,13H,4,7-8,10H2,1-2H3,(H,16,17). The van der Waals surface area contributed by atoms with Gasteiger partial charge in [0.25, 0.3) is 0 Å². The average molecular weight is 232 g/mol. The lowest BCUT2D eigenvalue weighted by molar-refractivity contribution is 0.0696. The van der Waals surface area contributed by atoms with Gasteiger partial charge in [0.1, 0.15) is 0 Å². The van der Waals surface area contributed by atoms with Gasteiger partial charge in [-0.25, -0.2) is 4.79 Å². The van der Waals surface area contributed by atoms with E-state index in [4.69, 9.17) is 5.11 Å². The lowest BCUT2D eigenvalue weighted by atomic mass is 9.70. The first-order valence-electron chi connectivity index (χ1n) is 6.31. The summed E-state index contributed by atoms with van der Waals surface area (Å²) in [7, 11) is 0. The number of carbonyl (C=O) groups is 1. The quantitative estimate of drug-likeness (QED) is 0.834. The molecule has 0 radical (unpaired) electrons. The number of benzene rings is 1. The number of hydrogen-bond donors (Lipinski definition) is 1. The fraction of sp³-hybridized carbons (Fsp3) is 0.533. The summed E-state index contributed by atoms with van der Waals surface area (Å²) in [4.78, 5) is 11.0. The van der Waals surface area contributed by atoms with Crippen LogP contribution < -0.4 is 0 Å². The van der Waals surface area contributed by atoms with Crippen LogP contribution in [0, 0.1) is 5.41 Å². The zero-order valence-corrected chi connectivity index (χ0v) is 10.6. The van der Waals surface area contributed by atoms with E-state index in [1.54, 1.807) is 6.07 Å². The first-order valence-corrected chi connectivity index (χ1v) is 6.31. The Labute approximate surface area is 103 Å². The van der Waals surface area contributed by atoms with Gasteiger partial charge >= 0.3 is 5.97 Å². The summed E-state index contributed by atoms with van der Waals surface area (Å²) >= 11 is 0. The van der Waals surface area contributed by atoms with Crippen molar-refractivity contribution in [2.24, 2.45) is 5.41 Å². The SMILES string of the molecule is CC1(C)CCCC(c2cccc(C(=O)O)c2)C1. The van der Waals surface area contributed by atoms with E-state index in [2.05, 4.69) is 19.9 Å². The van der Waals surface area contributed by atoms with Gasteiger partial charge in [-0.2, -0.15) is 0 Å².